The third kappa shape index (κ3) is 2.86. The van der Waals surface area contributed by atoms with Crippen LogP contribution in [0.3, 0.4) is 0 Å². The second kappa shape index (κ2) is 6.33. The molecule has 0 amide bonds. The van der Waals surface area contributed by atoms with Crippen LogP contribution in [0.1, 0.15) is 18.7 Å². The van der Waals surface area contributed by atoms with Crippen molar-refractivity contribution in [1.82, 2.24) is 0 Å². The lowest BCUT2D eigenvalue weighted by Crippen LogP contribution is -1.79. The highest BCUT2D eigenvalue weighted by Gasteiger charge is 2.06. The predicted octanol–water partition coefficient (Wildman–Crippen LogP) is 4.76. The molecule has 1 aromatic heterocycles. The van der Waals surface area contributed by atoms with Crippen molar-refractivity contribution >= 4 is 11.3 Å². The highest BCUT2D eigenvalue weighted by Crippen LogP contribution is 2.35. The fraction of sp³-hybridized carbons (Fsp3) is 0.286. The average molecular weight is 234 g/mol. The SMILES string of the molecule is CC.COc1cc(-c2ccccc2)sc1C. The quantitative estimate of drug-likeness (QED) is 0.728. The van der Waals surface area contributed by atoms with Gasteiger partial charge in [-0.2, -0.15) is 0 Å². The maximum atomic E-state index is 5.26. The van der Waals surface area contributed by atoms with Crippen LogP contribution in [0.5, 0.6) is 5.75 Å². The summed E-state index contributed by atoms with van der Waals surface area (Å²) in [6.07, 6.45) is 0. The molecule has 2 rings (SSSR count). The molecule has 0 N–H and O–H groups in total. The summed E-state index contributed by atoms with van der Waals surface area (Å²) in [5, 5.41) is 0. The van der Waals surface area contributed by atoms with Gasteiger partial charge in [-0.3, -0.25) is 0 Å². The lowest BCUT2D eigenvalue weighted by Gasteiger charge is -1.94. The minimum atomic E-state index is 0.980. The Morgan fingerprint density at radius 1 is 1.06 bits per heavy atom. The minimum Gasteiger partial charge on any atom is -0.496 e. The van der Waals surface area contributed by atoms with Gasteiger partial charge in [0.15, 0.2) is 0 Å². The fourth-order valence-electron chi connectivity index (χ4n) is 1.41. The highest BCUT2D eigenvalue weighted by atomic mass is 32.1. The van der Waals surface area contributed by atoms with Gasteiger partial charge in [0.25, 0.3) is 0 Å². The van der Waals surface area contributed by atoms with E-state index in [1.807, 2.05) is 19.9 Å². The summed E-state index contributed by atoms with van der Waals surface area (Å²) >= 11 is 1.77. The molecule has 1 aromatic carbocycles. The molecule has 0 radical (unpaired) electrons. The summed E-state index contributed by atoms with van der Waals surface area (Å²) < 4.78 is 5.26. The van der Waals surface area contributed by atoms with Crippen LogP contribution in [-0.2, 0) is 0 Å². The van der Waals surface area contributed by atoms with Crippen molar-refractivity contribution in [2.75, 3.05) is 7.11 Å². The second-order valence-corrected chi connectivity index (χ2v) is 4.36. The van der Waals surface area contributed by atoms with Crippen LogP contribution in [-0.4, -0.2) is 7.11 Å². The standard InChI is InChI=1S/C12H12OS.C2H6/c1-9-11(13-2)8-12(14-9)10-6-4-3-5-7-10;1-2/h3-8H,1-2H3;1-2H3. The molecular weight excluding hydrogens is 216 g/mol. The van der Waals surface area contributed by atoms with Crippen molar-refractivity contribution in [3.63, 3.8) is 0 Å². The normalized spacial score (nSPS) is 9.25. The molecule has 0 saturated heterocycles. The molecule has 0 aliphatic rings. The number of thiophene rings is 1. The predicted molar refractivity (Wildman–Crippen MR) is 72.4 cm³/mol. The molecule has 0 aliphatic carbocycles. The van der Waals surface area contributed by atoms with Crippen LogP contribution < -0.4 is 4.74 Å². The van der Waals surface area contributed by atoms with Gasteiger partial charge in [-0.15, -0.1) is 11.3 Å². The molecule has 2 aromatic rings. The Morgan fingerprint density at radius 2 is 1.69 bits per heavy atom. The van der Waals surface area contributed by atoms with E-state index in [0.717, 1.165) is 5.75 Å². The number of benzene rings is 1. The first-order chi connectivity index (χ1) is 7.81. The number of rotatable bonds is 2. The first-order valence-electron chi connectivity index (χ1n) is 5.51. The van der Waals surface area contributed by atoms with Gasteiger partial charge in [0.2, 0.25) is 0 Å². The molecular formula is C14H18OS. The van der Waals surface area contributed by atoms with Gasteiger partial charge in [-0.25, -0.2) is 0 Å². The van der Waals surface area contributed by atoms with Gasteiger partial charge >= 0.3 is 0 Å². The summed E-state index contributed by atoms with van der Waals surface area (Å²) in [7, 11) is 1.71. The summed E-state index contributed by atoms with van der Waals surface area (Å²) in [6, 6.07) is 12.5. The van der Waals surface area contributed by atoms with Crippen molar-refractivity contribution in [1.29, 1.82) is 0 Å². The highest BCUT2D eigenvalue weighted by molar-refractivity contribution is 7.15. The minimum absolute atomic E-state index is 0.980. The average Bonchev–Trinajstić information content (AvgIpc) is 2.74. The lowest BCUT2D eigenvalue weighted by molar-refractivity contribution is 0.414. The van der Waals surface area contributed by atoms with Gasteiger partial charge in [-0.1, -0.05) is 44.2 Å². The summed E-state index contributed by atoms with van der Waals surface area (Å²) in [5.74, 6) is 0.980. The van der Waals surface area contributed by atoms with Gasteiger partial charge in [-0.05, 0) is 18.6 Å². The molecule has 0 aliphatic heterocycles. The van der Waals surface area contributed by atoms with E-state index >= 15 is 0 Å². The van der Waals surface area contributed by atoms with E-state index in [4.69, 9.17) is 4.74 Å². The summed E-state index contributed by atoms with van der Waals surface area (Å²) in [6.45, 7) is 6.08. The number of hydrogen-bond donors (Lipinski definition) is 0. The third-order valence-corrected chi connectivity index (χ3v) is 3.23. The lowest BCUT2D eigenvalue weighted by atomic mass is 10.2. The van der Waals surface area contributed by atoms with Gasteiger partial charge in [0, 0.05) is 9.75 Å². The zero-order valence-electron chi connectivity index (χ0n) is 10.3. The van der Waals surface area contributed by atoms with Crippen molar-refractivity contribution in [2.24, 2.45) is 0 Å². The zero-order valence-corrected chi connectivity index (χ0v) is 11.1. The van der Waals surface area contributed by atoms with E-state index in [0.29, 0.717) is 0 Å². The topological polar surface area (TPSA) is 9.23 Å². The van der Waals surface area contributed by atoms with E-state index < -0.39 is 0 Å². The monoisotopic (exact) mass is 234 g/mol. The van der Waals surface area contributed by atoms with E-state index in [1.54, 1.807) is 18.4 Å². The van der Waals surface area contributed by atoms with Crippen LogP contribution in [0, 0.1) is 6.92 Å². The zero-order chi connectivity index (χ0) is 12.0. The molecule has 0 fully saturated rings. The largest absolute Gasteiger partial charge is 0.496 e. The fourth-order valence-corrected chi connectivity index (χ4v) is 2.41. The molecule has 0 spiro atoms. The first kappa shape index (κ1) is 12.8. The van der Waals surface area contributed by atoms with Crippen molar-refractivity contribution in [3.05, 3.63) is 41.3 Å². The van der Waals surface area contributed by atoms with Crippen LogP contribution in [0.2, 0.25) is 0 Å². The Hall–Kier alpha value is -1.28. The summed E-state index contributed by atoms with van der Waals surface area (Å²) in [5.41, 5.74) is 1.25. The Balaban J connectivity index is 0.000000606. The molecule has 0 bridgehead atoms. The summed E-state index contributed by atoms with van der Waals surface area (Å²) in [4.78, 5) is 2.49. The van der Waals surface area contributed by atoms with Crippen molar-refractivity contribution in [3.8, 4) is 16.2 Å². The molecule has 1 heterocycles. The van der Waals surface area contributed by atoms with Gasteiger partial charge < -0.3 is 4.74 Å². The third-order valence-electron chi connectivity index (χ3n) is 2.15. The number of methoxy groups -OCH3 is 1. The van der Waals surface area contributed by atoms with Crippen LogP contribution in [0.15, 0.2) is 36.4 Å². The molecule has 2 heteroatoms. The van der Waals surface area contributed by atoms with E-state index in [-0.39, 0.29) is 0 Å². The van der Waals surface area contributed by atoms with Crippen LogP contribution in [0.25, 0.3) is 10.4 Å². The molecule has 0 saturated carbocycles. The van der Waals surface area contributed by atoms with Crippen LogP contribution >= 0.6 is 11.3 Å². The molecule has 0 atom stereocenters. The second-order valence-electron chi connectivity index (χ2n) is 3.10. The van der Waals surface area contributed by atoms with Crippen molar-refractivity contribution < 1.29 is 4.74 Å². The maximum absolute atomic E-state index is 5.26. The maximum Gasteiger partial charge on any atom is 0.133 e. The smallest absolute Gasteiger partial charge is 0.133 e. The number of hydrogen-bond acceptors (Lipinski definition) is 2. The van der Waals surface area contributed by atoms with E-state index in [9.17, 15) is 0 Å². The number of aryl methyl sites for hydroxylation is 1. The van der Waals surface area contributed by atoms with Gasteiger partial charge in [0.1, 0.15) is 5.75 Å². The first-order valence-corrected chi connectivity index (χ1v) is 6.33. The molecule has 0 unspecified atom stereocenters. The Morgan fingerprint density at radius 3 is 2.19 bits per heavy atom. The molecule has 16 heavy (non-hydrogen) atoms. The van der Waals surface area contributed by atoms with Crippen molar-refractivity contribution in [2.45, 2.75) is 20.8 Å². The Labute approximate surface area is 102 Å². The van der Waals surface area contributed by atoms with Gasteiger partial charge in [0.05, 0.1) is 7.11 Å². The molecule has 1 nitrogen and oxygen atoms in total. The van der Waals surface area contributed by atoms with E-state index in [2.05, 4.69) is 37.3 Å². The Kier molecular flexibility index (Phi) is 5.06. The van der Waals surface area contributed by atoms with E-state index in [1.165, 1.54) is 15.3 Å². The molecule has 86 valence electrons. The Bertz CT molecular complexity index is 418. The van der Waals surface area contributed by atoms with Crippen LogP contribution in [0.4, 0.5) is 0 Å². The number of ether oxygens (including phenoxy) is 1.